The third-order valence-electron chi connectivity index (χ3n) is 4.73. The van der Waals surface area contributed by atoms with Gasteiger partial charge in [-0.15, -0.1) is 6.58 Å². The lowest BCUT2D eigenvalue weighted by Crippen LogP contribution is -2.26. The summed E-state index contributed by atoms with van der Waals surface area (Å²) in [4.78, 5) is 2.41. The molecule has 1 aliphatic rings. The molecule has 128 valence electrons. The summed E-state index contributed by atoms with van der Waals surface area (Å²) in [5.74, 6) is -0.0393. The van der Waals surface area contributed by atoms with E-state index in [9.17, 15) is 8.42 Å². The maximum atomic E-state index is 11.9. The van der Waals surface area contributed by atoms with Crippen LogP contribution in [0.4, 0.5) is 0 Å². The van der Waals surface area contributed by atoms with E-state index in [-0.39, 0.29) is 5.75 Å². The lowest BCUT2D eigenvalue weighted by atomic mass is 10.0. The predicted octanol–water partition coefficient (Wildman–Crippen LogP) is 3.31. The first-order valence-electron chi connectivity index (χ1n) is 8.31. The van der Waals surface area contributed by atoms with E-state index in [1.165, 1.54) is 35.3 Å². The number of aromatic nitrogens is 1. The van der Waals surface area contributed by atoms with Crippen molar-refractivity contribution in [2.75, 3.05) is 19.3 Å². The molecule has 0 spiro atoms. The maximum absolute atomic E-state index is 11.9. The molecule has 5 heteroatoms. The Kier molecular flexibility index (Phi) is 4.92. The highest BCUT2D eigenvalue weighted by Gasteiger charge is 2.22. The van der Waals surface area contributed by atoms with Gasteiger partial charge in [0.25, 0.3) is 0 Å². The molecule has 1 aromatic heterocycles. The SMILES string of the molecule is C=CCS(=O)(=O)C=Cn1cc(CC2CCCN2C)c2ccccc21. The summed E-state index contributed by atoms with van der Waals surface area (Å²) >= 11 is 0. The molecule has 2 aromatic rings. The average molecular weight is 344 g/mol. The van der Waals surface area contributed by atoms with Crippen LogP contribution < -0.4 is 0 Å². The molecule has 1 aromatic carbocycles. The molecule has 0 amide bonds. The van der Waals surface area contributed by atoms with E-state index in [4.69, 9.17) is 0 Å². The number of nitrogens with zero attached hydrogens (tertiary/aromatic N) is 2. The Morgan fingerprint density at radius 1 is 1.33 bits per heavy atom. The Hall–Kier alpha value is -1.85. The highest BCUT2D eigenvalue weighted by Crippen LogP contribution is 2.26. The smallest absolute Gasteiger partial charge is 0.176 e. The largest absolute Gasteiger partial charge is 0.322 e. The number of likely N-dealkylation sites (N-methyl/N-ethyl adjacent to an activating group) is 1. The number of hydrogen-bond acceptors (Lipinski definition) is 3. The third kappa shape index (κ3) is 3.62. The zero-order valence-electron chi connectivity index (χ0n) is 14.1. The van der Waals surface area contributed by atoms with Gasteiger partial charge >= 0.3 is 0 Å². The van der Waals surface area contributed by atoms with Gasteiger partial charge in [0.2, 0.25) is 0 Å². The van der Waals surface area contributed by atoms with Crippen LogP contribution in [0.25, 0.3) is 17.1 Å². The Bertz CT molecular complexity index is 865. The van der Waals surface area contributed by atoms with Crippen LogP contribution in [0.1, 0.15) is 18.4 Å². The van der Waals surface area contributed by atoms with Gasteiger partial charge in [0.05, 0.1) is 11.3 Å². The van der Waals surface area contributed by atoms with E-state index in [2.05, 4.69) is 30.8 Å². The first kappa shape index (κ1) is 17.0. The quantitative estimate of drug-likeness (QED) is 0.755. The summed E-state index contributed by atoms with van der Waals surface area (Å²) in [6.45, 7) is 4.65. The van der Waals surface area contributed by atoms with Gasteiger partial charge in [-0.05, 0) is 44.5 Å². The number of benzene rings is 1. The Morgan fingerprint density at radius 3 is 2.83 bits per heavy atom. The summed E-state index contributed by atoms with van der Waals surface area (Å²) in [5, 5.41) is 2.47. The number of likely N-dealkylation sites (tertiary alicyclic amines) is 1. The van der Waals surface area contributed by atoms with E-state index < -0.39 is 9.84 Å². The van der Waals surface area contributed by atoms with Gasteiger partial charge in [-0.2, -0.15) is 0 Å². The van der Waals surface area contributed by atoms with E-state index in [1.807, 2.05) is 22.8 Å². The average Bonchev–Trinajstić information content (AvgIpc) is 3.11. The first-order valence-corrected chi connectivity index (χ1v) is 10.0. The first-order chi connectivity index (χ1) is 11.5. The molecule has 0 bridgehead atoms. The fourth-order valence-corrected chi connectivity index (χ4v) is 4.19. The van der Waals surface area contributed by atoms with Gasteiger partial charge < -0.3 is 9.47 Å². The molecule has 0 aliphatic carbocycles. The van der Waals surface area contributed by atoms with Crippen molar-refractivity contribution in [1.29, 1.82) is 0 Å². The number of hydrogen-bond donors (Lipinski definition) is 0. The molecule has 1 fully saturated rings. The minimum absolute atomic E-state index is 0.0393. The standard InChI is InChI=1S/C19H24N2O2S/c1-3-12-24(22,23)13-11-21-15-16(14-17-7-6-10-20(17)2)18-8-4-5-9-19(18)21/h3-5,8-9,11,13,15,17H,1,6-7,10,12,14H2,2H3. The van der Waals surface area contributed by atoms with E-state index >= 15 is 0 Å². The number of sulfone groups is 1. The Labute approximate surface area is 144 Å². The van der Waals surface area contributed by atoms with Gasteiger partial charge in [-0.1, -0.05) is 24.3 Å². The van der Waals surface area contributed by atoms with Crippen molar-refractivity contribution >= 4 is 26.9 Å². The van der Waals surface area contributed by atoms with Crippen LogP contribution in [0, 0.1) is 0 Å². The highest BCUT2D eigenvalue weighted by molar-refractivity contribution is 7.94. The Morgan fingerprint density at radius 2 is 2.12 bits per heavy atom. The predicted molar refractivity (Wildman–Crippen MR) is 101 cm³/mol. The van der Waals surface area contributed by atoms with Crippen molar-refractivity contribution < 1.29 is 8.42 Å². The monoisotopic (exact) mass is 344 g/mol. The number of rotatable bonds is 6. The molecular weight excluding hydrogens is 320 g/mol. The van der Waals surface area contributed by atoms with Crippen molar-refractivity contribution in [2.45, 2.75) is 25.3 Å². The summed E-state index contributed by atoms with van der Waals surface area (Å²) in [6.07, 6.45) is 8.59. The summed E-state index contributed by atoms with van der Waals surface area (Å²) in [7, 11) is -1.07. The van der Waals surface area contributed by atoms with Gasteiger partial charge in [-0.3, -0.25) is 0 Å². The molecule has 1 atom stereocenters. The Balaban J connectivity index is 1.94. The minimum atomic E-state index is -3.25. The molecule has 3 rings (SSSR count). The number of para-hydroxylation sites is 1. The fourth-order valence-electron chi connectivity index (χ4n) is 3.43. The molecule has 0 radical (unpaired) electrons. The fraction of sp³-hybridized carbons (Fsp3) is 0.368. The van der Waals surface area contributed by atoms with Crippen LogP contribution in [0.5, 0.6) is 0 Å². The molecule has 4 nitrogen and oxygen atoms in total. The summed E-state index contributed by atoms with van der Waals surface area (Å²) < 4.78 is 25.7. The van der Waals surface area contributed by atoms with E-state index in [0.717, 1.165) is 18.5 Å². The van der Waals surface area contributed by atoms with Crippen LogP contribution in [0.3, 0.4) is 0 Å². The zero-order valence-corrected chi connectivity index (χ0v) is 14.9. The summed E-state index contributed by atoms with van der Waals surface area (Å²) in [6, 6.07) is 8.73. The molecule has 24 heavy (non-hydrogen) atoms. The minimum Gasteiger partial charge on any atom is -0.322 e. The van der Waals surface area contributed by atoms with Gasteiger partial charge in [0.15, 0.2) is 9.84 Å². The summed E-state index contributed by atoms with van der Waals surface area (Å²) in [5.41, 5.74) is 2.31. The van der Waals surface area contributed by atoms with Crippen LogP contribution in [0.15, 0.2) is 48.5 Å². The zero-order chi connectivity index (χ0) is 17.2. The molecule has 1 aliphatic heterocycles. The second-order valence-electron chi connectivity index (χ2n) is 6.46. The second-order valence-corrected chi connectivity index (χ2v) is 8.39. The molecule has 1 unspecified atom stereocenters. The number of fused-ring (bicyclic) bond motifs is 1. The van der Waals surface area contributed by atoms with E-state index in [0.29, 0.717) is 6.04 Å². The van der Waals surface area contributed by atoms with Gasteiger partial charge in [-0.25, -0.2) is 8.42 Å². The second kappa shape index (κ2) is 6.95. The third-order valence-corrected chi connectivity index (χ3v) is 5.97. The lowest BCUT2D eigenvalue weighted by Gasteiger charge is -2.18. The van der Waals surface area contributed by atoms with Gasteiger partial charge in [0.1, 0.15) is 0 Å². The van der Waals surface area contributed by atoms with Crippen LogP contribution in [0.2, 0.25) is 0 Å². The molecule has 1 saturated heterocycles. The van der Waals surface area contributed by atoms with Crippen molar-refractivity contribution in [3.8, 4) is 0 Å². The van der Waals surface area contributed by atoms with Crippen molar-refractivity contribution in [3.63, 3.8) is 0 Å². The molecule has 2 heterocycles. The van der Waals surface area contributed by atoms with Crippen molar-refractivity contribution in [2.24, 2.45) is 0 Å². The topological polar surface area (TPSA) is 42.3 Å². The van der Waals surface area contributed by atoms with Gasteiger partial charge in [0, 0.05) is 29.2 Å². The lowest BCUT2D eigenvalue weighted by molar-refractivity contribution is 0.310. The molecule has 0 saturated carbocycles. The molecular formula is C19H24N2O2S. The highest BCUT2D eigenvalue weighted by atomic mass is 32.2. The van der Waals surface area contributed by atoms with Crippen LogP contribution in [-0.2, 0) is 16.3 Å². The van der Waals surface area contributed by atoms with Crippen molar-refractivity contribution in [3.05, 3.63) is 54.1 Å². The molecule has 0 N–H and O–H groups in total. The maximum Gasteiger partial charge on any atom is 0.176 e. The van der Waals surface area contributed by atoms with Crippen LogP contribution in [-0.4, -0.2) is 43.3 Å². The van der Waals surface area contributed by atoms with E-state index in [1.54, 1.807) is 6.20 Å². The normalized spacial score (nSPS) is 19.5. The van der Waals surface area contributed by atoms with Crippen LogP contribution >= 0.6 is 0 Å². The van der Waals surface area contributed by atoms with Crippen molar-refractivity contribution in [1.82, 2.24) is 9.47 Å².